The first-order valence-electron chi connectivity index (χ1n) is 3.76. The molecule has 0 aromatic rings. The molecule has 3 heteroatoms. The van der Waals surface area contributed by atoms with Crippen molar-refractivity contribution < 1.29 is 9.90 Å². The van der Waals surface area contributed by atoms with Gasteiger partial charge in [-0.2, -0.15) is 0 Å². The van der Waals surface area contributed by atoms with Crippen LogP contribution in [0.25, 0.3) is 0 Å². The Labute approximate surface area is 59.4 Å². The zero-order chi connectivity index (χ0) is 7.14. The Balaban J connectivity index is 2.17. The molecule has 1 saturated heterocycles. The molecule has 1 saturated carbocycles. The van der Waals surface area contributed by atoms with Crippen molar-refractivity contribution in [2.24, 2.45) is 5.92 Å². The molecular formula is C7H11NO2. The molecule has 3 nitrogen and oxygen atoms in total. The molecule has 10 heavy (non-hydrogen) atoms. The maximum Gasteiger partial charge on any atom is 0.226 e. The molecule has 2 fully saturated rings. The fraction of sp³-hybridized carbons (Fsp3) is 0.857. The topological polar surface area (TPSA) is 49.3 Å². The van der Waals surface area contributed by atoms with Gasteiger partial charge in [-0.1, -0.05) is 0 Å². The van der Waals surface area contributed by atoms with Crippen molar-refractivity contribution in [3.05, 3.63) is 0 Å². The maximum atomic E-state index is 11.0. The van der Waals surface area contributed by atoms with Crippen molar-refractivity contribution in [2.75, 3.05) is 0 Å². The van der Waals surface area contributed by atoms with Crippen LogP contribution >= 0.6 is 0 Å². The number of nitrogens with one attached hydrogen (secondary N) is 1. The van der Waals surface area contributed by atoms with E-state index in [-0.39, 0.29) is 17.9 Å². The molecule has 0 spiro atoms. The van der Waals surface area contributed by atoms with Crippen molar-refractivity contribution in [3.63, 3.8) is 0 Å². The SMILES string of the molecule is O=C1NC2CCC(O)C1C2. The summed E-state index contributed by atoms with van der Waals surface area (Å²) < 4.78 is 0. The standard InChI is InChI=1S/C7H11NO2/c9-6-2-1-4-3-5(6)7(10)8-4/h4-6,9H,1-3H2,(H,8,10). The summed E-state index contributed by atoms with van der Waals surface area (Å²) in [5.41, 5.74) is 0. The monoisotopic (exact) mass is 141 g/mol. The second-order valence-electron chi connectivity index (χ2n) is 3.19. The van der Waals surface area contributed by atoms with Crippen molar-refractivity contribution in [2.45, 2.75) is 31.4 Å². The van der Waals surface area contributed by atoms with Crippen LogP contribution in [0.15, 0.2) is 0 Å². The van der Waals surface area contributed by atoms with Crippen LogP contribution in [0.3, 0.4) is 0 Å². The van der Waals surface area contributed by atoms with Crippen LogP contribution in [0, 0.1) is 5.92 Å². The molecule has 2 rings (SSSR count). The summed E-state index contributed by atoms with van der Waals surface area (Å²) in [6, 6.07) is 0.362. The second-order valence-corrected chi connectivity index (χ2v) is 3.19. The van der Waals surface area contributed by atoms with Gasteiger partial charge < -0.3 is 10.4 Å². The van der Waals surface area contributed by atoms with E-state index in [4.69, 9.17) is 0 Å². The fourth-order valence-corrected chi connectivity index (χ4v) is 1.88. The number of amides is 1. The number of hydrogen-bond donors (Lipinski definition) is 2. The third kappa shape index (κ3) is 0.736. The second kappa shape index (κ2) is 1.95. The average molecular weight is 141 g/mol. The van der Waals surface area contributed by atoms with Gasteiger partial charge in [0, 0.05) is 6.04 Å². The summed E-state index contributed by atoms with van der Waals surface area (Å²) >= 11 is 0. The van der Waals surface area contributed by atoms with Gasteiger partial charge in [0.2, 0.25) is 5.91 Å². The Morgan fingerprint density at radius 3 is 3.00 bits per heavy atom. The quantitative estimate of drug-likeness (QED) is 0.484. The third-order valence-electron chi connectivity index (χ3n) is 2.50. The maximum absolute atomic E-state index is 11.0. The Morgan fingerprint density at radius 1 is 1.50 bits per heavy atom. The molecule has 0 aromatic carbocycles. The molecule has 2 N–H and O–H groups in total. The van der Waals surface area contributed by atoms with E-state index in [1.807, 2.05) is 0 Å². The molecule has 2 aliphatic rings. The number of hydrogen-bond acceptors (Lipinski definition) is 2. The zero-order valence-electron chi connectivity index (χ0n) is 5.71. The number of carbonyl (C=O) groups excluding carboxylic acids is 1. The lowest BCUT2D eigenvalue weighted by Gasteiger charge is -2.20. The summed E-state index contributed by atoms with van der Waals surface area (Å²) in [4.78, 5) is 11.0. The van der Waals surface area contributed by atoms with Gasteiger partial charge in [0.05, 0.1) is 12.0 Å². The lowest BCUT2D eigenvalue weighted by molar-refractivity contribution is -0.125. The van der Waals surface area contributed by atoms with Gasteiger partial charge in [0.1, 0.15) is 0 Å². The molecule has 3 unspecified atom stereocenters. The average Bonchev–Trinajstić information content (AvgIpc) is 2.21. The predicted molar refractivity (Wildman–Crippen MR) is 35.3 cm³/mol. The molecule has 0 aromatic heterocycles. The first-order valence-corrected chi connectivity index (χ1v) is 3.76. The smallest absolute Gasteiger partial charge is 0.226 e. The third-order valence-corrected chi connectivity index (χ3v) is 2.50. The van der Waals surface area contributed by atoms with Crippen molar-refractivity contribution >= 4 is 5.91 Å². The first kappa shape index (κ1) is 6.16. The van der Waals surface area contributed by atoms with Gasteiger partial charge in [0.25, 0.3) is 0 Å². The van der Waals surface area contributed by atoms with Crippen molar-refractivity contribution in [3.8, 4) is 0 Å². The lowest BCUT2D eigenvalue weighted by atomic mass is 9.87. The predicted octanol–water partition coefficient (Wildman–Crippen LogP) is -0.354. The summed E-state index contributed by atoms with van der Waals surface area (Å²) in [6.45, 7) is 0. The van der Waals surface area contributed by atoms with Crippen LogP contribution in [0.5, 0.6) is 0 Å². The van der Waals surface area contributed by atoms with Crippen LogP contribution in [0.2, 0.25) is 0 Å². The molecule has 1 aliphatic heterocycles. The van der Waals surface area contributed by atoms with E-state index in [0.29, 0.717) is 6.04 Å². The minimum Gasteiger partial charge on any atom is -0.392 e. The van der Waals surface area contributed by atoms with E-state index in [1.54, 1.807) is 0 Å². The zero-order valence-corrected chi connectivity index (χ0v) is 5.71. The molecular weight excluding hydrogens is 130 g/mol. The Morgan fingerprint density at radius 2 is 2.30 bits per heavy atom. The van der Waals surface area contributed by atoms with E-state index in [9.17, 15) is 9.90 Å². The first-order chi connectivity index (χ1) is 4.77. The molecule has 3 atom stereocenters. The van der Waals surface area contributed by atoms with Gasteiger partial charge in [-0.25, -0.2) is 0 Å². The molecule has 1 aliphatic carbocycles. The summed E-state index contributed by atoms with van der Waals surface area (Å²) in [7, 11) is 0. The van der Waals surface area contributed by atoms with E-state index in [2.05, 4.69) is 5.32 Å². The minimum absolute atomic E-state index is 0.0509. The Hall–Kier alpha value is -0.570. The summed E-state index contributed by atoms with van der Waals surface area (Å²) in [5, 5.41) is 12.2. The van der Waals surface area contributed by atoms with Gasteiger partial charge >= 0.3 is 0 Å². The van der Waals surface area contributed by atoms with Gasteiger partial charge in [0.15, 0.2) is 0 Å². The van der Waals surface area contributed by atoms with E-state index in [1.165, 1.54) is 0 Å². The van der Waals surface area contributed by atoms with Crippen molar-refractivity contribution in [1.82, 2.24) is 5.32 Å². The molecule has 1 heterocycles. The number of rotatable bonds is 0. The van der Waals surface area contributed by atoms with Crippen LogP contribution in [0.1, 0.15) is 19.3 Å². The van der Waals surface area contributed by atoms with Crippen LogP contribution in [-0.2, 0) is 4.79 Å². The Bertz CT molecular complexity index is 169. The highest BCUT2D eigenvalue weighted by molar-refractivity contribution is 5.82. The van der Waals surface area contributed by atoms with Crippen LogP contribution in [0.4, 0.5) is 0 Å². The molecule has 0 radical (unpaired) electrons. The minimum atomic E-state index is -0.376. The fourth-order valence-electron chi connectivity index (χ4n) is 1.88. The van der Waals surface area contributed by atoms with E-state index in [0.717, 1.165) is 19.3 Å². The highest BCUT2D eigenvalue weighted by Crippen LogP contribution is 2.29. The number of carbonyl (C=O) groups is 1. The molecule has 1 amide bonds. The number of aliphatic hydroxyl groups is 1. The number of aliphatic hydroxyl groups excluding tert-OH is 1. The number of fused-ring (bicyclic) bond motifs is 2. The molecule has 2 bridgehead atoms. The van der Waals surface area contributed by atoms with Crippen LogP contribution < -0.4 is 5.32 Å². The van der Waals surface area contributed by atoms with Crippen LogP contribution in [-0.4, -0.2) is 23.2 Å². The van der Waals surface area contributed by atoms with Gasteiger partial charge in [-0.05, 0) is 19.3 Å². The Kier molecular flexibility index (Phi) is 1.20. The highest BCUT2D eigenvalue weighted by atomic mass is 16.3. The van der Waals surface area contributed by atoms with Gasteiger partial charge in [-0.15, -0.1) is 0 Å². The lowest BCUT2D eigenvalue weighted by Crippen LogP contribution is -2.27. The largest absolute Gasteiger partial charge is 0.392 e. The molecule has 56 valence electrons. The highest BCUT2D eigenvalue weighted by Gasteiger charge is 2.40. The van der Waals surface area contributed by atoms with E-state index >= 15 is 0 Å². The summed E-state index contributed by atoms with van der Waals surface area (Å²) in [5.74, 6) is -0.0475. The van der Waals surface area contributed by atoms with E-state index < -0.39 is 0 Å². The van der Waals surface area contributed by atoms with Gasteiger partial charge in [-0.3, -0.25) is 4.79 Å². The normalized spacial score (nSPS) is 45.3. The van der Waals surface area contributed by atoms with Crippen molar-refractivity contribution in [1.29, 1.82) is 0 Å². The summed E-state index contributed by atoms with van der Waals surface area (Å²) in [6.07, 6.45) is 2.20.